The molecule has 2 aromatic carbocycles. The third kappa shape index (κ3) is 4.17. The lowest BCUT2D eigenvalue weighted by atomic mass is 9.89. The van der Waals surface area contributed by atoms with Crippen molar-refractivity contribution in [2.45, 2.75) is 38.9 Å². The lowest BCUT2D eigenvalue weighted by molar-refractivity contribution is -0.139. The highest BCUT2D eigenvalue weighted by Gasteiger charge is 2.36. The molecule has 2 N–H and O–H groups in total. The van der Waals surface area contributed by atoms with Crippen molar-refractivity contribution in [2.24, 2.45) is 0 Å². The van der Waals surface area contributed by atoms with Gasteiger partial charge in [-0.2, -0.15) is 18.3 Å². The van der Waals surface area contributed by atoms with Crippen LogP contribution < -0.4 is 0 Å². The molecule has 0 unspecified atom stereocenters. The van der Waals surface area contributed by atoms with Gasteiger partial charge in [-0.3, -0.25) is 9.48 Å². The topological polar surface area (TPSA) is 75.4 Å². The number of phenolic OH excluding ortho intramolecular Hbond substituents is 1. The number of halogens is 3. The van der Waals surface area contributed by atoms with E-state index in [0.717, 1.165) is 6.07 Å². The normalized spacial score (nSPS) is 12.2. The first-order chi connectivity index (χ1) is 13.9. The number of nitrogens with zero attached hydrogens (tertiary/aromatic N) is 2. The number of benzene rings is 2. The molecular formula is C22H21F3N2O3. The van der Waals surface area contributed by atoms with Gasteiger partial charge in [-0.25, -0.2) is 0 Å². The first kappa shape index (κ1) is 21.4. The van der Waals surface area contributed by atoms with Crippen molar-refractivity contribution in [2.75, 3.05) is 0 Å². The van der Waals surface area contributed by atoms with Crippen LogP contribution in [0.5, 0.6) is 5.75 Å². The molecule has 0 aliphatic carbocycles. The highest BCUT2D eigenvalue weighted by molar-refractivity contribution is 5.88. The molecule has 30 heavy (non-hydrogen) atoms. The third-order valence-electron chi connectivity index (χ3n) is 4.86. The molecular weight excluding hydrogens is 397 g/mol. The van der Waals surface area contributed by atoms with E-state index < -0.39 is 23.2 Å². The summed E-state index contributed by atoms with van der Waals surface area (Å²) in [6.07, 6.45) is -1.91. The van der Waals surface area contributed by atoms with Gasteiger partial charge in [0.25, 0.3) is 0 Å². The first-order valence-electron chi connectivity index (χ1n) is 9.17. The van der Waals surface area contributed by atoms with Gasteiger partial charge in [0.05, 0.1) is 23.7 Å². The van der Waals surface area contributed by atoms with Gasteiger partial charge in [0.1, 0.15) is 5.75 Å². The number of aryl methyl sites for hydroxylation is 1. The summed E-state index contributed by atoms with van der Waals surface area (Å²) in [6, 6.07) is 8.49. The van der Waals surface area contributed by atoms with Crippen molar-refractivity contribution in [3.8, 4) is 28.0 Å². The van der Waals surface area contributed by atoms with E-state index in [1.807, 2.05) is 0 Å². The lowest BCUT2D eigenvalue weighted by Crippen LogP contribution is -2.29. The van der Waals surface area contributed by atoms with Crippen LogP contribution in [-0.4, -0.2) is 26.0 Å². The van der Waals surface area contributed by atoms with E-state index in [1.165, 1.54) is 35.3 Å². The minimum atomic E-state index is -4.64. The van der Waals surface area contributed by atoms with Gasteiger partial charge in [0.15, 0.2) is 0 Å². The second-order valence-electron chi connectivity index (χ2n) is 7.81. The number of aliphatic carboxylic acids is 1. The van der Waals surface area contributed by atoms with Crippen LogP contribution in [0.1, 0.15) is 31.4 Å². The van der Waals surface area contributed by atoms with Crippen molar-refractivity contribution in [1.82, 2.24) is 9.78 Å². The van der Waals surface area contributed by atoms with Gasteiger partial charge < -0.3 is 10.2 Å². The minimum absolute atomic E-state index is 0.0531. The van der Waals surface area contributed by atoms with Gasteiger partial charge in [0, 0.05) is 22.9 Å². The molecule has 0 aliphatic rings. The Bertz CT molecular complexity index is 1100. The molecule has 5 nitrogen and oxygen atoms in total. The summed E-state index contributed by atoms with van der Waals surface area (Å²) in [5.41, 5.74) is -0.803. The largest absolute Gasteiger partial charge is 0.507 e. The predicted octanol–water partition coefficient (Wildman–Crippen LogP) is 5.46. The number of para-hydroxylation sites is 1. The number of carboxylic acids is 1. The van der Waals surface area contributed by atoms with Crippen LogP contribution in [0.15, 0.2) is 48.8 Å². The molecule has 0 spiro atoms. The zero-order valence-corrected chi connectivity index (χ0v) is 16.7. The molecule has 0 atom stereocenters. The zero-order chi connectivity index (χ0) is 22.3. The average molecular weight is 418 g/mol. The van der Waals surface area contributed by atoms with Crippen molar-refractivity contribution in [3.05, 3.63) is 59.9 Å². The zero-order valence-electron chi connectivity index (χ0n) is 16.7. The van der Waals surface area contributed by atoms with Crippen molar-refractivity contribution >= 4 is 5.97 Å². The number of hydrogen-bond acceptors (Lipinski definition) is 3. The Hall–Kier alpha value is -3.29. The monoisotopic (exact) mass is 418 g/mol. The van der Waals surface area contributed by atoms with Crippen LogP contribution in [0, 0.1) is 6.92 Å². The smallest absolute Gasteiger partial charge is 0.417 e. The molecule has 0 fully saturated rings. The highest BCUT2D eigenvalue weighted by Crippen LogP contribution is 2.45. The summed E-state index contributed by atoms with van der Waals surface area (Å²) in [4.78, 5) is 11.1. The van der Waals surface area contributed by atoms with E-state index in [-0.39, 0.29) is 28.9 Å². The fraction of sp³-hybridized carbons (Fsp3) is 0.273. The average Bonchev–Trinajstić information content (AvgIpc) is 3.11. The standard InChI is InChI=1S/C22H21F3N2O3/c1-13-8-16(14-11-26-27(12-14)21(2,3)10-19(29)30)20(17(9-13)22(23,24)25)15-6-4-5-7-18(15)28/h4-9,11-12,28H,10H2,1-3H3,(H,29,30). The SMILES string of the molecule is Cc1cc(-c2cnn(C(C)(C)CC(=O)O)c2)c(-c2ccccc2O)c(C(F)(F)F)c1. The molecule has 0 amide bonds. The molecule has 0 aliphatic heterocycles. The van der Waals surface area contributed by atoms with E-state index in [2.05, 4.69) is 5.10 Å². The summed E-state index contributed by atoms with van der Waals surface area (Å²) in [6.45, 7) is 4.92. The number of hydrogen-bond donors (Lipinski definition) is 2. The quantitative estimate of drug-likeness (QED) is 0.577. The number of rotatable bonds is 5. The fourth-order valence-corrected chi connectivity index (χ4v) is 3.46. The number of alkyl halides is 3. The summed E-state index contributed by atoms with van der Waals surface area (Å²) in [5.74, 6) is -1.28. The molecule has 158 valence electrons. The maximum Gasteiger partial charge on any atom is 0.417 e. The molecule has 1 aromatic heterocycles. The summed E-state index contributed by atoms with van der Waals surface area (Å²) in [7, 11) is 0. The Morgan fingerprint density at radius 3 is 2.40 bits per heavy atom. The lowest BCUT2D eigenvalue weighted by Gasteiger charge is -2.23. The second-order valence-corrected chi connectivity index (χ2v) is 7.81. The van der Waals surface area contributed by atoms with Crippen LogP contribution in [0.2, 0.25) is 0 Å². The molecule has 0 bridgehead atoms. The highest BCUT2D eigenvalue weighted by atomic mass is 19.4. The van der Waals surface area contributed by atoms with Crippen LogP contribution in [0.3, 0.4) is 0 Å². The Labute approximate surface area is 171 Å². The molecule has 3 aromatic rings. The molecule has 3 rings (SSSR count). The molecule has 1 heterocycles. The summed E-state index contributed by atoms with van der Waals surface area (Å²) >= 11 is 0. The van der Waals surface area contributed by atoms with Gasteiger partial charge in [0.2, 0.25) is 0 Å². The molecule has 8 heteroatoms. The Balaban J connectivity index is 2.27. The summed E-state index contributed by atoms with van der Waals surface area (Å²) in [5, 5.41) is 23.6. The van der Waals surface area contributed by atoms with Gasteiger partial charge in [-0.1, -0.05) is 24.3 Å². The number of aromatic hydroxyl groups is 1. The number of phenols is 1. The molecule has 0 radical (unpaired) electrons. The van der Waals surface area contributed by atoms with E-state index >= 15 is 0 Å². The summed E-state index contributed by atoms with van der Waals surface area (Å²) < 4.78 is 43.2. The van der Waals surface area contributed by atoms with Crippen LogP contribution in [0.25, 0.3) is 22.3 Å². The Kier molecular flexibility index (Phi) is 5.36. The maximum atomic E-state index is 13.9. The van der Waals surface area contributed by atoms with Crippen molar-refractivity contribution in [3.63, 3.8) is 0 Å². The van der Waals surface area contributed by atoms with E-state index in [4.69, 9.17) is 5.11 Å². The molecule has 0 saturated carbocycles. The Morgan fingerprint density at radius 2 is 1.80 bits per heavy atom. The van der Waals surface area contributed by atoms with E-state index in [0.29, 0.717) is 11.1 Å². The van der Waals surface area contributed by atoms with Crippen molar-refractivity contribution in [1.29, 1.82) is 0 Å². The van der Waals surface area contributed by atoms with Gasteiger partial charge in [-0.05, 0) is 44.0 Å². The van der Waals surface area contributed by atoms with Crippen LogP contribution in [-0.2, 0) is 16.5 Å². The predicted molar refractivity (Wildman–Crippen MR) is 106 cm³/mol. The Morgan fingerprint density at radius 1 is 1.13 bits per heavy atom. The fourth-order valence-electron chi connectivity index (χ4n) is 3.46. The van der Waals surface area contributed by atoms with E-state index in [9.17, 15) is 23.1 Å². The maximum absolute atomic E-state index is 13.9. The van der Waals surface area contributed by atoms with Crippen LogP contribution >= 0.6 is 0 Å². The first-order valence-corrected chi connectivity index (χ1v) is 9.17. The van der Waals surface area contributed by atoms with Gasteiger partial charge >= 0.3 is 12.1 Å². The van der Waals surface area contributed by atoms with Crippen molar-refractivity contribution < 1.29 is 28.2 Å². The number of carboxylic acid groups (broad SMARTS) is 1. The minimum Gasteiger partial charge on any atom is -0.507 e. The van der Waals surface area contributed by atoms with Crippen LogP contribution in [0.4, 0.5) is 13.2 Å². The molecule has 0 saturated heterocycles. The third-order valence-corrected chi connectivity index (χ3v) is 4.86. The number of aromatic nitrogens is 2. The van der Waals surface area contributed by atoms with E-state index in [1.54, 1.807) is 32.9 Å². The number of carbonyl (C=O) groups is 1. The second kappa shape index (κ2) is 7.51. The van der Waals surface area contributed by atoms with Gasteiger partial charge in [-0.15, -0.1) is 0 Å².